The van der Waals surface area contributed by atoms with Crippen LogP contribution in [0.3, 0.4) is 0 Å². The number of benzene rings is 1. The van der Waals surface area contributed by atoms with Gasteiger partial charge < -0.3 is 10.4 Å². The summed E-state index contributed by atoms with van der Waals surface area (Å²) in [7, 11) is 0. The maximum Gasteiger partial charge on any atom is 0.0555 e. The fraction of sp³-hybridized carbons (Fsp3) is 0.647. The van der Waals surface area contributed by atoms with Crippen molar-refractivity contribution in [3.05, 3.63) is 35.4 Å². The highest BCUT2D eigenvalue weighted by Crippen LogP contribution is 2.38. The lowest BCUT2D eigenvalue weighted by Gasteiger charge is -2.40. The second kappa shape index (κ2) is 5.64. The third kappa shape index (κ3) is 3.18. The minimum Gasteiger partial charge on any atom is -0.393 e. The Kier molecular flexibility index (Phi) is 3.90. The normalized spacial score (nSPS) is 34.8. The molecule has 2 aliphatic rings. The number of aliphatic hydroxyl groups is 1. The molecule has 0 aliphatic heterocycles. The van der Waals surface area contributed by atoms with Crippen LogP contribution >= 0.6 is 0 Å². The van der Waals surface area contributed by atoms with Gasteiger partial charge in [0.2, 0.25) is 0 Å². The van der Waals surface area contributed by atoms with Crippen LogP contribution in [0.4, 0.5) is 0 Å². The number of aryl methyl sites for hydroxylation is 1. The lowest BCUT2D eigenvalue weighted by atomic mass is 9.75. The Morgan fingerprint density at radius 3 is 2.68 bits per heavy atom. The number of nitrogens with one attached hydrogen (secondary N) is 1. The van der Waals surface area contributed by atoms with Gasteiger partial charge in [0.05, 0.1) is 6.10 Å². The highest BCUT2D eigenvalue weighted by atomic mass is 16.3. The zero-order chi connectivity index (χ0) is 13.2. The van der Waals surface area contributed by atoms with Crippen molar-refractivity contribution >= 4 is 0 Å². The lowest BCUT2D eigenvalue weighted by Crippen LogP contribution is -2.47. The van der Waals surface area contributed by atoms with Gasteiger partial charge in [0.15, 0.2) is 0 Å². The van der Waals surface area contributed by atoms with Crippen molar-refractivity contribution in [2.45, 2.75) is 69.6 Å². The number of hydrogen-bond donors (Lipinski definition) is 2. The van der Waals surface area contributed by atoms with Crippen LogP contribution in [-0.4, -0.2) is 23.3 Å². The van der Waals surface area contributed by atoms with Crippen molar-refractivity contribution in [3.8, 4) is 0 Å². The molecule has 19 heavy (non-hydrogen) atoms. The van der Waals surface area contributed by atoms with Gasteiger partial charge in [-0.2, -0.15) is 0 Å². The van der Waals surface area contributed by atoms with E-state index in [1.54, 1.807) is 0 Å². The van der Waals surface area contributed by atoms with Crippen molar-refractivity contribution in [3.63, 3.8) is 0 Å². The molecule has 0 saturated heterocycles. The fourth-order valence-corrected chi connectivity index (χ4v) is 3.60. The highest BCUT2D eigenvalue weighted by molar-refractivity contribution is 5.27. The quantitative estimate of drug-likeness (QED) is 0.874. The largest absolute Gasteiger partial charge is 0.393 e. The first-order valence-electron chi connectivity index (χ1n) is 7.71. The molecule has 2 heteroatoms. The molecule has 3 rings (SSSR count). The summed E-state index contributed by atoms with van der Waals surface area (Å²) in [4.78, 5) is 0. The third-order valence-electron chi connectivity index (χ3n) is 4.77. The van der Waals surface area contributed by atoms with Gasteiger partial charge in [0.25, 0.3) is 0 Å². The summed E-state index contributed by atoms with van der Waals surface area (Å²) < 4.78 is 0. The molecule has 0 amide bonds. The van der Waals surface area contributed by atoms with E-state index in [0.717, 1.165) is 18.8 Å². The first kappa shape index (κ1) is 13.1. The molecule has 2 saturated carbocycles. The van der Waals surface area contributed by atoms with Crippen LogP contribution in [0.1, 0.15) is 55.6 Å². The molecule has 0 spiro atoms. The molecule has 2 atom stereocenters. The maximum atomic E-state index is 9.70. The summed E-state index contributed by atoms with van der Waals surface area (Å²) in [5.74, 6) is 0.742. The smallest absolute Gasteiger partial charge is 0.0555 e. The van der Waals surface area contributed by atoms with Crippen LogP contribution in [0, 0.1) is 6.92 Å². The predicted molar refractivity (Wildman–Crippen MR) is 78.3 cm³/mol. The molecular weight excluding hydrogens is 234 g/mol. The van der Waals surface area contributed by atoms with Crippen molar-refractivity contribution in [1.29, 1.82) is 0 Å². The van der Waals surface area contributed by atoms with Crippen molar-refractivity contribution in [1.82, 2.24) is 5.32 Å². The third-order valence-corrected chi connectivity index (χ3v) is 4.77. The molecule has 0 radical (unpaired) electrons. The second-order valence-electron chi connectivity index (χ2n) is 6.46. The van der Waals surface area contributed by atoms with Crippen LogP contribution < -0.4 is 5.32 Å². The van der Waals surface area contributed by atoms with Crippen LogP contribution in [0.2, 0.25) is 0 Å². The summed E-state index contributed by atoms with van der Waals surface area (Å²) in [5, 5.41) is 13.4. The molecule has 1 aromatic rings. The number of aliphatic hydroxyl groups excluding tert-OH is 1. The van der Waals surface area contributed by atoms with E-state index in [4.69, 9.17) is 0 Å². The zero-order valence-corrected chi connectivity index (χ0v) is 11.8. The van der Waals surface area contributed by atoms with Gasteiger partial charge in [-0.25, -0.2) is 0 Å². The first-order chi connectivity index (χ1) is 9.20. The van der Waals surface area contributed by atoms with Gasteiger partial charge in [0, 0.05) is 12.1 Å². The van der Waals surface area contributed by atoms with E-state index in [0.29, 0.717) is 12.1 Å². The van der Waals surface area contributed by atoms with E-state index >= 15 is 0 Å². The van der Waals surface area contributed by atoms with E-state index < -0.39 is 0 Å². The minimum atomic E-state index is -0.0705. The predicted octanol–water partition coefficient (Wildman–Crippen LogP) is 3.13. The average molecular weight is 259 g/mol. The zero-order valence-electron chi connectivity index (χ0n) is 11.8. The van der Waals surface area contributed by atoms with Gasteiger partial charge in [-0.1, -0.05) is 29.8 Å². The van der Waals surface area contributed by atoms with Crippen LogP contribution in [0.25, 0.3) is 0 Å². The van der Waals surface area contributed by atoms with E-state index in [2.05, 4.69) is 36.5 Å². The molecule has 2 fully saturated rings. The lowest BCUT2D eigenvalue weighted by molar-refractivity contribution is 0.102. The van der Waals surface area contributed by atoms with Gasteiger partial charge in [0.1, 0.15) is 0 Å². The first-order valence-corrected chi connectivity index (χ1v) is 7.71. The van der Waals surface area contributed by atoms with Gasteiger partial charge in [-0.05, 0) is 56.9 Å². The highest BCUT2D eigenvalue weighted by Gasteiger charge is 2.32. The molecule has 0 bridgehead atoms. The van der Waals surface area contributed by atoms with Gasteiger partial charge in [-0.15, -0.1) is 0 Å². The van der Waals surface area contributed by atoms with Crippen LogP contribution in [0.15, 0.2) is 24.3 Å². The minimum absolute atomic E-state index is 0.0705. The molecule has 0 heterocycles. The van der Waals surface area contributed by atoms with E-state index in [9.17, 15) is 5.11 Å². The molecule has 0 aromatic heterocycles. The van der Waals surface area contributed by atoms with E-state index in [1.807, 2.05) is 0 Å². The van der Waals surface area contributed by atoms with Crippen molar-refractivity contribution < 1.29 is 5.11 Å². The van der Waals surface area contributed by atoms with E-state index in [-0.39, 0.29) is 6.10 Å². The SMILES string of the molecule is Cc1cccc(C2CC(NC3CCCC(O)C3)C2)c1. The molecular formula is C17H25NO. The maximum absolute atomic E-state index is 9.70. The molecule has 2 nitrogen and oxygen atoms in total. The number of rotatable bonds is 3. The van der Waals surface area contributed by atoms with Crippen molar-refractivity contribution in [2.24, 2.45) is 0 Å². The second-order valence-corrected chi connectivity index (χ2v) is 6.46. The number of hydrogen-bond acceptors (Lipinski definition) is 2. The summed E-state index contributed by atoms with van der Waals surface area (Å²) in [6.45, 7) is 2.17. The molecule has 2 unspecified atom stereocenters. The van der Waals surface area contributed by atoms with Crippen molar-refractivity contribution in [2.75, 3.05) is 0 Å². The molecule has 2 aliphatic carbocycles. The Balaban J connectivity index is 1.47. The summed E-state index contributed by atoms with van der Waals surface area (Å²) in [6.07, 6.45) is 6.81. The Bertz CT molecular complexity index is 425. The molecule has 1 aromatic carbocycles. The Hall–Kier alpha value is -0.860. The fourth-order valence-electron chi connectivity index (χ4n) is 3.60. The van der Waals surface area contributed by atoms with Gasteiger partial charge in [-0.3, -0.25) is 0 Å². The van der Waals surface area contributed by atoms with Crippen LogP contribution in [0.5, 0.6) is 0 Å². The standard InChI is InChI=1S/C17H25NO/c1-12-4-2-5-13(8-12)14-9-16(10-14)18-15-6-3-7-17(19)11-15/h2,4-5,8,14-19H,3,6-7,9-11H2,1H3. The average Bonchev–Trinajstić information content (AvgIpc) is 2.33. The van der Waals surface area contributed by atoms with Crippen LogP contribution in [-0.2, 0) is 0 Å². The Labute approximate surface area is 116 Å². The Morgan fingerprint density at radius 2 is 1.95 bits per heavy atom. The summed E-state index contributed by atoms with van der Waals surface area (Å²) >= 11 is 0. The topological polar surface area (TPSA) is 32.3 Å². The van der Waals surface area contributed by atoms with Gasteiger partial charge >= 0.3 is 0 Å². The molecule has 2 N–H and O–H groups in total. The Morgan fingerprint density at radius 1 is 1.11 bits per heavy atom. The molecule has 104 valence electrons. The monoisotopic (exact) mass is 259 g/mol. The summed E-state index contributed by atoms with van der Waals surface area (Å²) in [5.41, 5.74) is 2.87. The van der Waals surface area contributed by atoms with E-state index in [1.165, 1.54) is 36.8 Å². The summed E-state index contributed by atoms with van der Waals surface area (Å²) in [6, 6.07) is 10.1.